The highest BCUT2D eigenvalue weighted by Gasteiger charge is 2.51. The Morgan fingerprint density at radius 2 is 1.75 bits per heavy atom. The molecule has 0 N–H and O–H groups in total. The van der Waals surface area contributed by atoms with Gasteiger partial charge < -0.3 is 18.5 Å². The van der Waals surface area contributed by atoms with Crippen LogP contribution in [0.2, 0.25) is 0 Å². The molecule has 1 saturated heterocycles. The summed E-state index contributed by atoms with van der Waals surface area (Å²) in [4.78, 5) is 4.58. The van der Waals surface area contributed by atoms with Crippen LogP contribution in [0, 0.1) is 0 Å². The van der Waals surface area contributed by atoms with Crippen LogP contribution in [0.1, 0.15) is 27.7 Å². The predicted octanol–water partition coefficient (Wildman–Crippen LogP) is 3.29. The first-order chi connectivity index (χ1) is 11.3. The normalized spacial score (nSPS) is 19.3. The van der Waals surface area contributed by atoms with E-state index in [-0.39, 0.29) is 11.2 Å². The van der Waals surface area contributed by atoms with Crippen molar-refractivity contribution in [3.8, 4) is 5.75 Å². The lowest BCUT2D eigenvalue weighted by atomic mass is 9.80. The Balaban J connectivity index is 1.82. The van der Waals surface area contributed by atoms with Gasteiger partial charge in [0.05, 0.1) is 23.7 Å². The Morgan fingerprint density at radius 1 is 1.04 bits per heavy atom. The van der Waals surface area contributed by atoms with Crippen LogP contribution in [-0.2, 0) is 9.31 Å². The lowest BCUT2D eigenvalue weighted by molar-refractivity contribution is 0.00578. The Hall–Kier alpha value is -2.05. The first-order valence-corrected chi connectivity index (χ1v) is 8.03. The highest BCUT2D eigenvalue weighted by molar-refractivity contribution is 6.62. The number of fused-ring (bicyclic) bond motifs is 3. The van der Waals surface area contributed by atoms with Crippen molar-refractivity contribution in [2.45, 2.75) is 38.9 Å². The Morgan fingerprint density at radius 3 is 2.42 bits per heavy atom. The van der Waals surface area contributed by atoms with Gasteiger partial charge >= 0.3 is 7.12 Å². The third kappa shape index (κ3) is 2.13. The number of hydrogen-bond acceptors (Lipinski definition) is 5. The molecule has 0 aliphatic carbocycles. The molecule has 0 unspecified atom stereocenters. The number of rotatable bonds is 2. The van der Waals surface area contributed by atoms with E-state index >= 15 is 0 Å². The van der Waals surface area contributed by atoms with Crippen molar-refractivity contribution in [3.63, 3.8) is 0 Å². The van der Waals surface area contributed by atoms with Crippen molar-refractivity contribution in [1.82, 2.24) is 4.98 Å². The topological polar surface area (TPSA) is 53.7 Å². The molecule has 3 aromatic rings. The molecule has 1 fully saturated rings. The largest absolute Gasteiger partial charge is 0.496 e. The predicted molar refractivity (Wildman–Crippen MR) is 93.8 cm³/mol. The molecule has 124 valence electrons. The molecule has 0 amide bonds. The van der Waals surface area contributed by atoms with E-state index in [0.717, 1.165) is 27.7 Å². The Bertz CT molecular complexity index is 915. The molecule has 24 heavy (non-hydrogen) atoms. The smallest absolute Gasteiger partial charge is 0.496 e. The van der Waals surface area contributed by atoms with Crippen molar-refractivity contribution in [1.29, 1.82) is 0 Å². The third-order valence-electron chi connectivity index (χ3n) is 5.06. The summed E-state index contributed by atoms with van der Waals surface area (Å²) in [7, 11) is 1.19. The number of methoxy groups -OCH3 is 1. The molecular formula is C18H20BNO4. The number of aromatic nitrogens is 1. The zero-order valence-electron chi connectivity index (χ0n) is 14.5. The fourth-order valence-corrected chi connectivity index (χ4v) is 2.95. The Labute approximate surface area is 141 Å². The van der Waals surface area contributed by atoms with E-state index in [0.29, 0.717) is 5.58 Å². The van der Waals surface area contributed by atoms with E-state index < -0.39 is 7.12 Å². The van der Waals surface area contributed by atoms with Crippen molar-refractivity contribution in [2.24, 2.45) is 0 Å². The van der Waals surface area contributed by atoms with Crippen molar-refractivity contribution in [3.05, 3.63) is 30.5 Å². The first kappa shape index (κ1) is 15.5. The zero-order valence-corrected chi connectivity index (χ0v) is 14.5. The first-order valence-electron chi connectivity index (χ1n) is 8.03. The van der Waals surface area contributed by atoms with Gasteiger partial charge in [0.2, 0.25) is 0 Å². The van der Waals surface area contributed by atoms with Gasteiger partial charge in [-0.05, 0) is 45.9 Å². The Kier molecular flexibility index (Phi) is 3.21. The highest BCUT2D eigenvalue weighted by Crippen LogP contribution is 2.37. The van der Waals surface area contributed by atoms with E-state index in [1.54, 1.807) is 13.3 Å². The fourth-order valence-electron chi connectivity index (χ4n) is 2.95. The molecule has 5 nitrogen and oxygen atoms in total. The van der Waals surface area contributed by atoms with E-state index in [4.69, 9.17) is 18.5 Å². The summed E-state index contributed by atoms with van der Waals surface area (Å²) in [5, 5.41) is 0.885. The van der Waals surface area contributed by atoms with Gasteiger partial charge in [-0.3, -0.25) is 4.98 Å². The fraction of sp³-hybridized carbons (Fsp3) is 0.389. The van der Waals surface area contributed by atoms with Crippen LogP contribution in [0.15, 0.2) is 34.9 Å². The van der Waals surface area contributed by atoms with Crippen LogP contribution in [0.3, 0.4) is 0 Å². The van der Waals surface area contributed by atoms with E-state index in [1.807, 2.05) is 52.0 Å². The second-order valence-corrected chi connectivity index (χ2v) is 7.14. The van der Waals surface area contributed by atoms with Crippen LogP contribution >= 0.6 is 0 Å². The number of furan rings is 1. The molecule has 0 spiro atoms. The number of hydrogen-bond donors (Lipinski definition) is 0. The molecule has 1 aliphatic rings. The maximum Gasteiger partial charge on any atom is 0.496 e. The van der Waals surface area contributed by atoms with Crippen LogP contribution < -0.4 is 10.2 Å². The third-order valence-corrected chi connectivity index (χ3v) is 5.06. The maximum atomic E-state index is 6.09. The van der Waals surface area contributed by atoms with Crippen LogP contribution in [0.5, 0.6) is 5.75 Å². The van der Waals surface area contributed by atoms with Crippen molar-refractivity contribution < 1.29 is 18.5 Å². The molecule has 4 rings (SSSR count). The van der Waals surface area contributed by atoms with Gasteiger partial charge in [0.15, 0.2) is 5.58 Å². The van der Waals surface area contributed by atoms with Gasteiger partial charge in [0.25, 0.3) is 0 Å². The van der Waals surface area contributed by atoms with Gasteiger partial charge in [0, 0.05) is 11.7 Å². The quantitative estimate of drug-likeness (QED) is 0.677. The summed E-state index contributed by atoms with van der Waals surface area (Å²) in [5.74, 6) is 0.752. The molecule has 0 radical (unpaired) electrons. The second-order valence-electron chi connectivity index (χ2n) is 7.14. The average Bonchev–Trinajstić information content (AvgIpc) is 3.00. The number of pyridine rings is 1. The van der Waals surface area contributed by atoms with Gasteiger partial charge in [-0.15, -0.1) is 0 Å². The van der Waals surface area contributed by atoms with Crippen molar-refractivity contribution in [2.75, 3.05) is 7.11 Å². The monoisotopic (exact) mass is 325 g/mol. The highest BCUT2D eigenvalue weighted by atomic mass is 16.7. The molecule has 1 aliphatic heterocycles. The van der Waals surface area contributed by atoms with Crippen LogP contribution in [0.4, 0.5) is 0 Å². The summed E-state index contributed by atoms with van der Waals surface area (Å²) in [6.45, 7) is 8.13. The molecule has 1 aromatic carbocycles. The number of benzene rings is 1. The molecule has 0 saturated carbocycles. The molecule has 2 aromatic heterocycles. The summed E-state index contributed by atoms with van der Waals surface area (Å²) >= 11 is 0. The minimum absolute atomic E-state index is 0.385. The van der Waals surface area contributed by atoms with Gasteiger partial charge in [0.1, 0.15) is 16.8 Å². The second kappa shape index (κ2) is 4.97. The summed E-state index contributed by atoms with van der Waals surface area (Å²) in [6, 6.07) is 7.65. The molecular weight excluding hydrogens is 305 g/mol. The summed E-state index contributed by atoms with van der Waals surface area (Å²) in [5.41, 5.74) is 2.31. The number of nitrogens with zero attached hydrogens (tertiary/aromatic N) is 1. The lowest BCUT2D eigenvalue weighted by Crippen LogP contribution is -2.41. The van der Waals surface area contributed by atoms with Crippen LogP contribution in [0.25, 0.3) is 22.1 Å². The molecule has 0 atom stereocenters. The maximum absolute atomic E-state index is 6.09. The van der Waals surface area contributed by atoms with Gasteiger partial charge in [-0.1, -0.05) is 6.07 Å². The minimum atomic E-state index is -0.456. The van der Waals surface area contributed by atoms with Crippen molar-refractivity contribution >= 4 is 34.7 Å². The SMILES string of the molecule is COc1cccc2oc3cc(B4OC(C)(C)C(C)(C)O4)cnc3c12. The molecule has 6 heteroatoms. The molecule has 0 bridgehead atoms. The van der Waals surface area contributed by atoms with E-state index in [2.05, 4.69) is 4.98 Å². The lowest BCUT2D eigenvalue weighted by Gasteiger charge is -2.32. The molecule has 3 heterocycles. The van der Waals surface area contributed by atoms with E-state index in [9.17, 15) is 0 Å². The van der Waals surface area contributed by atoms with Crippen LogP contribution in [-0.4, -0.2) is 30.4 Å². The zero-order chi connectivity index (χ0) is 17.1. The van der Waals surface area contributed by atoms with Gasteiger partial charge in [-0.25, -0.2) is 0 Å². The number of ether oxygens (including phenoxy) is 1. The summed E-state index contributed by atoms with van der Waals surface area (Å²) in [6.07, 6.45) is 1.78. The van der Waals surface area contributed by atoms with Gasteiger partial charge in [-0.2, -0.15) is 0 Å². The standard InChI is InChI=1S/C18H20BNO4/c1-17(2)18(3,4)24-19(23-17)11-9-14-16(20-10-11)15-12(21-5)7-6-8-13(15)22-14/h6-10H,1-5H3. The van der Waals surface area contributed by atoms with E-state index in [1.165, 1.54) is 0 Å². The average molecular weight is 325 g/mol. The summed E-state index contributed by atoms with van der Waals surface area (Å²) < 4.78 is 23.6. The minimum Gasteiger partial charge on any atom is -0.496 e.